The van der Waals surface area contributed by atoms with Crippen molar-refractivity contribution in [2.45, 2.75) is 50.2 Å². The molecule has 1 aliphatic rings. The van der Waals surface area contributed by atoms with Gasteiger partial charge in [-0.2, -0.15) is 13.2 Å². The standard InChI is InChI=1S/C15H18F3N3/c1-14(7-3-2-4-12(14)19)13-20-10-6-5-9(15(16,17)18)8-11(10)21-13/h5-6,8,12H,2-4,7,19H2,1H3,(H,20,21). The highest BCUT2D eigenvalue weighted by Crippen LogP contribution is 2.38. The van der Waals surface area contributed by atoms with Crippen LogP contribution in [0.4, 0.5) is 13.2 Å². The summed E-state index contributed by atoms with van der Waals surface area (Å²) < 4.78 is 38.3. The summed E-state index contributed by atoms with van der Waals surface area (Å²) in [6.45, 7) is 2.04. The van der Waals surface area contributed by atoms with E-state index in [4.69, 9.17) is 5.73 Å². The molecule has 3 nitrogen and oxygen atoms in total. The van der Waals surface area contributed by atoms with Crippen molar-refractivity contribution in [3.8, 4) is 0 Å². The second-order valence-corrected chi connectivity index (χ2v) is 6.08. The molecule has 1 heterocycles. The van der Waals surface area contributed by atoms with Gasteiger partial charge in [-0.1, -0.05) is 19.8 Å². The number of alkyl halides is 3. The number of H-pyrrole nitrogens is 1. The number of halogens is 3. The number of aromatic amines is 1. The van der Waals surface area contributed by atoms with Crippen LogP contribution in [0.5, 0.6) is 0 Å². The Morgan fingerprint density at radius 1 is 1.33 bits per heavy atom. The number of aromatic nitrogens is 2. The molecule has 0 bridgehead atoms. The van der Waals surface area contributed by atoms with E-state index in [0.717, 1.165) is 37.8 Å². The molecule has 2 aromatic rings. The Balaban J connectivity index is 2.05. The molecule has 1 aromatic carbocycles. The SMILES string of the molecule is CC1(c2nc3ccc(C(F)(F)F)cc3[nH]2)CCCCC1N. The monoisotopic (exact) mass is 297 g/mol. The zero-order valence-electron chi connectivity index (χ0n) is 11.8. The number of nitrogens with two attached hydrogens (primary N) is 1. The first-order valence-corrected chi connectivity index (χ1v) is 7.14. The van der Waals surface area contributed by atoms with Gasteiger partial charge >= 0.3 is 6.18 Å². The molecule has 1 saturated carbocycles. The molecular formula is C15H18F3N3. The molecule has 0 amide bonds. The molecule has 2 atom stereocenters. The maximum atomic E-state index is 12.8. The van der Waals surface area contributed by atoms with Gasteiger partial charge in [0.2, 0.25) is 0 Å². The topological polar surface area (TPSA) is 54.7 Å². The Morgan fingerprint density at radius 3 is 2.76 bits per heavy atom. The highest BCUT2D eigenvalue weighted by atomic mass is 19.4. The molecule has 1 aromatic heterocycles. The summed E-state index contributed by atoms with van der Waals surface area (Å²) in [5, 5.41) is 0. The highest BCUT2D eigenvalue weighted by Gasteiger charge is 2.38. The van der Waals surface area contributed by atoms with Gasteiger partial charge in [-0.05, 0) is 31.0 Å². The Kier molecular flexibility index (Phi) is 3.24. The summed E-state index contributed by atoms with van der Waals surface area (Å²) in [6, 6.07) is 3.57. The zero-order valence-corrected chi connectivity index (χ0v) is 11.8. The van der Waals surface area contributed by atoms with Crippen LogP contribution in [0, 0.1) is 0 Å². The lowest BCUT2D eigenvalue weighted by molar-refractivity contribution is -0.137. The molecule has 0 aliphatic heterocycles. The fraction of sp³-hybridized carbons (Fsp3) is 0.533. The van der Waals surface area contributed by atoms with Crippen molar-refractivity contribution in [1.82, 2.24) is 9.97 Å². The lowest BCUT2D eigenvalue weighted by atomic mass is 9.71. The molecule has 2 unspecified atom stereocenters. The predicted molar refractivity (Wildman–Crippen MR) is 74.9 cm³/mol. The van der Waals surface area contributed by atoms with E-state index in [1.807, 2.05) is 6.92 Å². The molecule has 3 N–H and O–H groups in total. The average Bonchev–Trinajstić information content (AvgIpc) is 2.84. The maximum Gasteiger partial charge on any atom is 0.416 e. The van der Waals surface area contributed by atoms with Crippen LogP contribution in [0.1, 0.15) is 44.0 Å². The Morgan fingerprint density at radius 2 is 2.10 bits per heavy atom. The lowest BCUT2D eigenvalue weighted by Gasteiger charge is -2.37. The fourth-order valence-corrected chi connectivity index (χ4v) is 3.11. The number of rotatable bonds is 1. The van der Waals surface area contributed by atoms with Crippen LogP contribution in [-0.4, -0.2) is 16.0 Å². The van der Waals surface area contributed by atoms with Gasteiger partial charge in [0, 0.05) is 11.5 Å². The molecule has 3 rings (SSSR count). The van der Waals surface area contributed by atoms with Crippen LogP contribution in [0.3, 0.4) is 0 Å². The van der Waals surface area contributed by atoms with Crippen LogP contribution in [-0.2, 0) is 11.6 Å². The van der Waals surface area contributed by atoms with Crippen LogP contribution >= 0.6 is 0 Å². The van der Waals surface area contributed by atoms with Crippen molar-refractivity contribution >= 4 is 11.0 Å². The van der Waals surface area contributed by atoms with E-state index in [9.17, 15) is 13.2 Å². The van der Waals surface area contributed by atoms with E-state index in [-0.39, 0.29) is 11.5 Å². The first-order valence-electron chi connectivity index (χ1n) is 7.14. The lowest BCUT2D eigenvalue weighted by Crippen LogP contribution is -2.46. The summed E-state index contributed by atoms with van der Waals surface area (Å²) in [6.07, 6.45) is -0.365. The number of nitrogens with one attached hydrogen (secondary N) is 1. The molecule has 0 spiro atoms. The summed E-state index contributed by atoms with van der Waals surface area (Å²) >= 11 is 0. The third-order valence-corrected chi connectivity index (χ3v) is 4.63. The third-order valence-electron chi connectivity index (χ3n) is 4.63. The van der Waals surface area contributed by atoms with Gasteiger partial charge in [-0.25, -0.2) is 4.98 Å². The van der Waals surface area contributed by atoms with Crippen molar-refractivity contribution in [2.24, 2.45) is 5.73 Å². The first kappa shape index (κ1) is 14.4. The number of benzene rings is 1. The predicted octanol–water partition coefficient (Wildman–Crippen LogP) is 3.74. The largest absolute Gasteiger partial charge is 0.416 e. The molecule has 0 radical (unpaired) electrons. The molecule has 1 fully saturated rings. The molecule has 1 aliphatic carbocycles. The van der Waals surface area contributed by atoms with E-state index in [1.54, 1.807) is 0 Å². The van der Waals surface area contributed by atoms with Gasteiger partial charge < -0.3 is 10.7 Å². The Bertz CT molecular complexity index is 662. The van der Waals surface area contributed by atoms with Gasteiger partial charge in [-0.3, -0.25) is 0 Å². The Labute approximate surface area is 120 Å². The van der Waals surface area contributed by atoms with E-state index >= 15 is 0 Å². The van der Waals surface area contributed by atoms with Gasteiger partial charge in [0.05, 0.1) is 16.6 Å². The molecule has 21 heavy (non-hydrogen) atoms. The quantitative estimate of drug-likeness (QED) is 0.842. The summed E-state index contributed by atoms with van der Waals surface area (Å²) in [5.41, 5.74) is 6.24. The van der Waals surface area contributed by atoms with Crippen LogP contribution in [0.15, 0.2) is 18.2 Å². The maximum absolute atomic E-state index is 12.8. The van der Waals surface area contributed by atoms with Gasteiger partial charge in [0.1, 0.15) is 5.82 Å². The van der Waals surface area contributed by atoms with Crippen molar-refractivity contribution in [2.75, 3.05) is 0 Å². The summed E-state index contributed by atoms with van der Waals surface area (Å²) in [7, 11) is 0. The fourth-order valence-electron chi connectivity index (χ4n) is 3.11. The normalized spacial score (nSPS) is 27.2. The molecular weight excluding hydrogens is 279 g/mol. The van der Waals surface area contributed by atoms with Gasteiger partial charge in [-0.15, -0.1) is 0 Å². The van der Waals surface area contributed by atoms with Gasteiger partial charge in [0.25, 0.3) is 0 Å². The number of hydrogen-bond donors (Lipinski definition) is 2. The minimum atomic E-state index is -4.34. The number of fused-ring (bicyclic) bond motifs is 1. The smallest absolute Gasteiger partial charge is 0.341 e. The van der Waals surface area contributed by atoms with Crippen molar-refractivity contribution in [3.05, 3.63) is 29.6 Å². The zero-order chi connectivity index (χ0) is 15.3. The summed E-state index contributed by atoms with van der Waals surface area (Å²) in [4.78, 5) is 7.54. The molecule has 6 heteroatoms. The van der Waals surface area contributed by atoms with Crippen LogP contribution in [0.2, 0.25) is 0 Å². The van der Waals surface area contributed by atoms with Crippen molar-refractivity contribution < 1.29 is 13.2 Å². The summed E-state index contributed by atoms with van der Waals surface area (Å²) in [5.74, 6) is 0.698. The minimum absolute atomic E-state index is 0.0195. The van der Waals surface area contributed by atoms with Crippen molar-refractivity contribution in [3.63, 3.8) is 0 Å². The van der Waals surface area contributed by atoms with E-state index < -0.39 is 11.7 Å². The van der Waals surface area contributed by atoms with Crippen LogP contribution < -0.4 is 5.73 Å². The average molecular weight is 297 g/mol. The third kappa shape index (κ3) is 2.41. The number of nitrogens with zero attached hydrogens (tertiary/aromatic N) is 1. The second kappa shape index (κ2) is 4.73. The van der Waals surface area contributed by atoms with Gasteiger partial charge in [0.15, 0.2) is 0 Å². The Hall–Kier alpha value is -1.56. The first-order chi connectivity index (χ1) is 9.80. The van der Waals surface area contributed by atoms with E-state index in [0.29, 0.717) is 16.9 Å². The number of imidazole rings is 1. The number of hydrogen-bond acceptors (Lipinski definition) is 2. The van der Waals surface area contributed by atoms with E-state index in [1.165, 1.54) is 6.07 Å². The molecule has 0 saturated heterocycles. The highest BCUT2D eigenvalue weighted by molar-refractivity contribution is 5.76. The van der Waals surface area contributed by atoms with Crippen molar-refractivity contribution in [1.29, 1.82) is 0 Å². The second-order valence-electron chi connectivity index (χ2n) is 6.08. The van der Waals surface area contributed by atoms with E-state index in [2.05, 4.69) is 9.97 Å². The van der Waals surface area contributed by atoms with Crippen LogP contribution in [0.25, 0.3) is 11.0 Å². The molecule has 114 valence electrons. The minimum Gasteiger partial charge on any atom is -0.341 e.